The standard InChI is InChI=1S/C26H20N2O4S2/c1-15-24(34-25(27-15)16-8-4-3-5-9-16)22(29)20-21(19-12-7-13-33-19)28(26(31)23(20)30)17-10-6-11-18(14-17)32-2/h3-14,21,30H,1-2H3. The molecular weight excluding hydrogens is 468 g/mol. The summed E-state index contributed by atoms with van der Waals surface area (Å²) in [4.78, 5) is 34.3. The third kappa shape index (κ3) is 3.70. The van der Waals surface area contributed by atoms with Crippen LogP contribution < -0.4 is 9.64 Å². The number of anilines is 1. The zero-order chi connectivity index (χ0) is 23.8. The number of aliphatic hydroxyl groups excluding tert-OH is 1. The Balaban J connectivity index is 1.61. The lowest BCUT2D eigenvalue weighted by Crippen LogP contribution is -2.30. The van der Waals surface area contributed by atoms with Crippen molar-refractivity contribution in [2.45, 2.75) is 13.0 Å². The number of nitrogens with zero attached hydrogens (tertiary/aromatic N) is 2. The summed E-state index contributed by atoms with van der Waals surface area (Å²) in [5.74, 6) is -0.993. The predicted octanol–water partition coefficient (Wildman–Crippen LogP) is 5.97. The summed E-state index contributed by atoms with van der Waals surface area (Å²) in [6.07, 6.45) is 0. The van der Waals surface area contributed by atoms with Gasteiger partial charge in [0.05, 0.1) is 23.3 Å². The molecule has 170 valence electrons. The number of ketones is 1. The van der Waals surface area contributed by atoms with E-state index in [0.717, 1.165) is 10.4 Å². The zero-order valence-electron chi connectivity index (χ0n) is 18.4. The summed E-state index contributed by atoms with van der Waals surface area (Å²) < 4.78 is 5.32. The van der Waals surface area contributed by atoms with Crippen molar-refractivity contribution < 1.29 is 19.4 Å². The van der Waals surface area contributed by atoms with E-state index in [-0.39, 0.29) is 5.57 Å². The van der Waals surface area contributed by atoms with Crippen molar-refractivity contribution in [1.29, 1.82) is 0 Å². The number of aryl methyl sites for hydroxylation is 1. The van der Waals surface area contributed by atoms with Crippen LogP contribution in [-0.4, -0.2) is 28.9 Å². The summed E-state index contributed by atoms with van der Waals surface area (Å²) in [5.41, 5.74) is 2.05. The Morgan fingerprint density at radius 2 is 1.88 bits per heavy atom. The van der Waals surface area contributed by atoms with Crippen LogP contribution in [0.2, 0.25) is 0 Å². The first kappa shape index (κ1) is 22.1. The summed E-state index contributed by atoms with van der Waals surface area (Å²) in [5, 5.41) is 13.5. The number of rotatable bonds is 6. The highest BCUT2D eigenvalue weighted by Gasteiger charge is 2.46. The summed E-state index contributed by atoms with van der Waals surface area (Å²) in [6, 6.07) is 19.6. The first-order chi connectivity index (χ1) is 16.5. The number of ether oxygens (including phenoxy) is 1. The summed E-state index contributed by atoms with van der Waals surface area (Å²) >= 11 is 2.68. The lowest BCUT2D eigenvalue weighted by atomic mass is 10.00. The highest BCUT2D eigenvalue weighted by Crippen LogP contribution is 2.45. The van der Waals surface area contributed by atoms with Crippen LogP contribution in [0.15, 0.2) is 83.4 Å². The number of hydrogen-bond acceptors (Lipinski definition) is 7. The predicted molar refractivity (Wildman–Crippen MR) is 134 cm³/mol. The van der Waals surface area contributed by atoms with Gasteiger partial charge in [0.2, 0.25) is 5.78 Å². The maximum atomic E-state index is 13.8. The lowest BCUT2D eigenvalue weighted by Gasteiger charge is -2.26. The van der Waals surface area contributed by atoms with Gasteiger partial charge in [-0.2, -0.15) is 0 Å². The second-order valence-electron chi connectivity index (χ2n) is 7.69. The molecule has 5 rings (SSSR count). The molecule has 2 aromatic heterocycles. The molecule has 1 aliphatic rings. The highest BCUT2D eigenvalue weighted by molar-refractivity contribution is 7.17. The quantitative estimate of drug-likeness (QED) is 0.338. The number of carbonyl (C=O) groups is 2. The minimum atomic E-state index is -0.756. The Kier molecular flexibility index (Phi) is 5.77. The van der Waals surface area contributed by atoms with E-state index in [0.29, 0.717) is 27.0 Å². The topological polar surface area (TPSA) is 79.7 Å². The molecule has 1 aliphatic heterocycles. The molecule has 3 heterocycles. The monoisotopic (exact) mass is 488 g/mol. The highest BCUT2D eigenvalue weighted by atomic mass is 32.1. The number of amides is 1. The van der Waals surface area contributed by atoms with Gasteiger partial charge in [-0.15, -0.1) is 22.7 Å². The van der Waals surface area contributed by atoms with E-state index in [1.807, 2.05) is 47.8 Å². The molecule has 8 heteroatoms. The SMILES string of the molecule is COc1cccc(N2C(=O)C(O)=C(C(=O)c3sc(-c4ccccc4)nc3C)C2c2cccs2)c1. The van der Waals surface area contributed by atoms with E-state index in [2.05, 4.69) is 4.98 Å². The molecular formula is C26H20N2O4S2. The van der Waals surface area contributed by atoms with Crippen LogP contribution in [-0.2, 0) is 4.79 Å². The van der Waals surface area contributed by atoms with Gasteiger partial charge in [-0.25, -0.2) is 4.98 Å². The van der Waals surface area contributed by atoms with E-state index in [1.54, 1.807) is 38.3 Å². The third-order valence-electron chi connectivity index (χ3n) is 5.62. The van der Waals surface area contributed by atoms with E-state index < -0.39 is 23.5 Å². The van der Waals surface area contributed by atoms with Crippen LogP contribution in [0, 0.1) is 6.92 Å². The summed E-state index contributed by atoms with van der Waals surface area (Å²) in [7, 11) is 1.54. The Labute approximate surface area is 204 Å². The van der Waals surface area contributed by atoms with Crippen molar-refractivity contribution in [2.24, 2.45) is 0 Å². The number of Topliss-reactive ketones (excluding diaryl/α,β-unsaturated/α-hetero) is 1. The molecule has 6 nitrogen and oxygen atoms in total. The average Bonchev–Trinajstić information content (AvgIpc) is 3.58. The molecule has 0 saturated heterocycles. The number of methoxy groups -OCH3 is 1. The largest absolute Gasteiger partial charge is 0.503 e. The molecule has 0 aliphatic carbocycles. The molecule has 0 bridgehead atoms. The fraction of sp³-hybridized carbons (Fsp3) is 0.115. The van der Waals surface area contributed by atoms with Gasteiger partial charge in [-0.1, -0.05) is 42.5 Å². The van der Waals surface area contributed by atoms with E-state index in [1.165, 1.54) is 27.6 Å². The molecule has 2 aromatic carbocycles. The maximum absolute atomic E-state index is 13.8. The van der Waals surface area contributed by atoms with Crippen molar-refractivity contribution in [1.82, 2.24) is 4.98 Å². The normalized spacial score (nSPS) is 15.8. The lowest BCUT2D eigenvalue weighted by molar-refractivity contribution is -0.117. The van der Waals surface area contributed by atoms with Crippen molar-refractivity contribution in [3.8, 4) is 16.3 Å². The van der Waals surface area contributed by atoms with Crippen LogP contribution in [0.5, 0.6) is 5.75 Å². The molecule has 0 saturated carbocycles. The van der Waals surface area contributed by atoms with E-state index in [4.69, 9.17) is 4.74 Å². The molecule has 1 unspecified atom stereocenters. The van der Waals surface area contributed by atoms with Crippen molar-refractivity contribution in [2.75, 3.05) is 12.0 Å². The zero-order valence-corrected chi connectivity index (χ0v) is 20.0. The number of hydrogen-bond donors (Lipinski definition) is 1. The fourth-order valence-corrected chi connectivity index (χ4v) is 5.86. The number of benzene rings is 2. The van der Waals surface area contributed by atoms with Crippen LogP contribution in [0.4, 0.5) is 5.69 Å². The first-order valence-corrected chi connectivity index (χ1v) is 12.2. The third-order valence-corrected chi connectivity index (χ3v) is 7.75. The Morgan fingerprint density at radius 1 is 1.09 bits per heavy atom. The number of thiophene rings is 1. The van der Waals surface area contributed by atoms with Gasteiger partial charge in [0.15, 0.2) is 5.76 Å². The maximum Gasteiger partial charge on any atom is 0.294 e. The molecule has 0 fully saturated rings. The van der Waals surface area contributed by atoms with Gasteiger partial charge in [-0.05, 0) is 30.5 Å². The van der Waals surface area contributed by atoms with Gasteiger partial charge in [-0.3, -0.25) is 14.5 Å². The van der Waals surface area contributed by atoms with Crippen LogP contribution in [0.3, 0.4) is 0 Å². The minimum Gasteiger partial charge on any atom is -0.503 e. The van der Waals surface area contributed by atoms with Crippen molar-refractivity contribution in [3.63, 3.8) is 0 Å². The van der Waals surface area contributed by atoms with Gasteiger partial charge in [0.1, 0.15) is 16.8 Å². The summed E-state index contributed by atoms with van der Waals surface area (Å²) in [6.45, 7) is 1.77. The van der Waals surface area contributed by atoms with Crippen LogP contribution in [0.1, 0.15) is 26.3 Å². The molecule has 1 atom stereocenters. The minimum absolute atomic E-state index is 0.0571. The van der Waals surface area contributed by atoms with Crippen LogP contribution >= 0.6 is 22.7 Å². The second-order valence-corrected chi connectivity index (χ2v) is 9.66. The van der Waals surface area contributed by atoms with E-state index in [9.17, 15) is 14.7 Å². The Morgan fingerprint density at radius 3 is 2.59 bits per heavy atom. The van der Waals surface area contributed by atoms with E-state index >= 15 is 0 Å². The molecule has 0 spiro atoms. The number of carbonyl (C=O) groups excluding carboxylic acids is 2. The Hall–Kier alpha value is -3.75. The Bertz CT molecular complexity index is 1410. The number of aromatic nitrogens is 1. The van der Waals surface area contributed by atoms with Gasteiger partial charge in [0.25, 0.3) is 5.91 Å². The van der Waals surface area contributed by atoms with Crippen LogP contribution in [0.25, 0.3) is 10.6 Å². The van der Waals surface area contributed by atoms with Crippen molar-refractivity contribution in [3.05, 3.63) is 98.9 Å². The number of aliphatic hydroxyl groups is 1. The molecule has 34 heavy (non-hydrogen) atoms. The number of thiazole rings is 1. The van der Waals surface area contributed by atoms with Gasteiger partial charge >= 0.3 is 0 Å². The second kappa shape index (κ2) is 8.89. The average molecular weight is 489 g/mol. The molecule has 0 radical (unpaired) electrons. The van der Waals surface area contributed by atoms with Gasteiger partial charge < -0.3 is 9.84 Å². The van der Waals surface area contributed by atoms with Crippen molar-refractivity contribution >= 4 is 40.1 Å². The molecule has 4 aromatic rings. The molecule has 1 N–H and O–H groups in total. The smallest absolute Gasteiger partial charge is 0.294 e. The fourth-order valence-electron chi connectivity index (χ4n) is 4.01. The van der Waals surface area contributed by atoms with Gasteiger partial charge in [0, 0.05) is 22.2 Å². The first-order valence-electron chi connectivity index (χ1n) is 10.5. The molecule has 1 amide bonds.